The summed E-state index contributed by atoms with van der Waals surface area (Å²) in [5, 5.41) is 42.4. The van der Waals surface area contributed by atoms with Gasteiger partial charge in [0.1, 0.15) is 6.10 Å². The van der Waals surface area contributed by atoms with E-state index in [1.807, 2.05) is 6.92 Å². The average Bonchev–Trinajstić information content (AvgIpc) is 3.77. The van der Waals surface area contributed by atoms with Gasteiger partial charge in [0, 0.05) is 12.0 Å². The lowest BCUT2D eigenvalue weighted by molar-refractivity contribution is -0.139. The minimum Gasteiger partial charge on any atom is -0.455 e. The molecule has 2 saturated heterocycles. The Bertz CT molecular complexity index is 833. The number of carbonyl (C=O) groups excluding carboxylic acids is 1. The number of cyclic esters (lactones) is 1. The average molecular weight is 639 g/mol. The van der Waals surface area contributed by atoms with Crippen molar-refractivity contribution in [3.8, 4) is 0 Å². The summed E-state index contributed by atoms with van der Waals surface area (Å²) in [5.74, 6) is -0.309. The molecule has 45 heavy (non-hydrogen) atoms. The van der Waals surface area contributed by atoms with Crippen LogP contribution in [0.15, 0.2) is 11.6 Å². The van der Waals surface area contributed by atoms with Gasteiger partial charge in [-0.1, -0.05) is 90.4 Å². The van der Waals surface area contributed by atoms with Crippen molar-refractivity contribution in [2.75, 3.05) is 0 Å². The Labute approximate surface area is 273 Å². The summed E-state index contributed by atoms with van der Waals surface area (Å²) >= 11 is 0. The van der Waals surface area contributed by atoms with Crippen LogP contribution in [0.4, 0.5) is 0 Å². The molecule has 3 aliphatic rings. The largest absolute Gasteiger partial charge is 0.455 e. The number of aliphatic hydroxyl groups is 4. The van der Waals surface area contributed by atoms with Crippen LogP contribution in [-0.2, 0) is 19.0 Å². The van der Waals surface area contributed by atoms with Crippen LogP contribution in [0.3, 0.4) is 0 Å². The highest BCUT2D eigenvalue weighted by Gasteiger charge is 2.36. The van der Waals surface area contributed by atoms with E-state index < -0.39 is 24.4 Å². The second kappa shape index (κ2) is 21.8. The lowest BCUT2D eigenvalue weighted by Crippen LogP contribution is -2.33. The first-order valence-corrected chi connectivity index (χ1v) is 18.7. The van der Waals surface area contributed by atoms with Crippen LogP contribution >= 0.6 is 0 Å². The Hall–Kier alpha value is -1.03. The smallest absolute Gasteiger partial charge is 0.334 e. The summed E-state index contributed by atoms with van der Waals surface area (Å²) in [6.07, 6.45) is 21.5. The van der Waals surface area contributed by atoms with E-state index in [-0.39, 0.29) is 36.5 Å². The summed E-state index contributed by atoms with van der Waals surface area (Å²) in [6.45, 7) is 4.07. The van der Waals surface area contributed by atoms with Crippen molar-refractivity contribution in [1.82, 2.24) is 0 Å². The molecule has 2 unspecified atom stereocenters. The molecule has 2 fully saturated rings. The van der Waals surface area contributed by atoms with Crippen LogP contribution in [0.5, 0.6) is 0 Å². The first-order chi connectivity index (χ1) is 21.8. The quantitative estimate of drug-likeness (QED) is 0.0634. The van der Waals surface area contributed by atoms with Gasteiger partial charge < -0.3 is 34.6 Å². The second-order valence-electron chi connectivity index (χ2n) is 14.2. The van der Waals surface area contributed by atoms with Crippen molar-refractivity contribution in [2.45, 2.75) is 216 Å². The summed E-state index contributed by atoms with van der Waals surface area (Å²) in [7, 11) is 0. The second-order valence-corrected chi connectivity index (χ2v) is 14.2. The van der Waals surface area contributed by atoms with E-state index in [1.54, 1.807) is 6.08 Å². The highest BCUT2D eigenvalue weighted by molar-refractivity contribution is 5.90. The highest BCUT2D eigenvalue weighted by Crippen LogP contribution is 2.31. The van der Waals surface area contributed by atoms with Gasteiger partial charge in [0.25, 0.3) is 0 Å². The van der Waals surface area contributed by atoms with Gasteiger partial charge in [0.15, 0.2) is 0 Å². The predicted molar refractivity (Wildman–Crippen MR) is 177 cm³/mol. The maximum Gasteiger partial charge on any atom is 0.334 e. The van der Waals surface area contributed by atoms with Gasteiger partial charge in [-0.05, 0) is 70.8 Å². The van der Waals surface area contributed by atoms with E-state index in [1.165, 1.54) is 51.4 Å². The molecular weight excluding hydrogens is 572 g/mol. The van der Waals surface area contributed by atoms with Crippen LogP contribution < -0.4 is 0 Å². The van der Waals surface area contributed by atoms with Crippen LogP contribution in [-0.4, -0.2) is 81.3 Å². The zero-order valence-electron chi connectivity index (χ0n) is 28.5. The molecule has 0 aromatic carbocycles. The maximum atomic E-state index is 11.7. The van der Waals surface area contributed by atoms with Crippen molar-refractivity contribution in [3.63, 3.8) is 0 Å². The standard InChI is InChI=1S/C37H66O8/c1-3-4-5-6-7-8-9-10-11-15-18-31(39)35-23-24-36(45-35)33(41)21-20-32(40)34-22-19-30(44-34)17-14-12-13-16-29(38)26-28-25-27(2)43-37(28)42/h25,27,29-36,38-41H,3-24,26H2,1-2H3/t27?,29?,30-,31-,32+,33+,34+,35-,36+/m1/s1. The van der Waals surface area contributed by atoms with Crippen LogP contribution in [0, 0.1) is 0 Å². The van der Waals surface area contributed by atoms with Gasteiger partial charge in [-0.3, -0.25) is 0 Å². The maximum absolute atomic E-state index is 11.7. The molecule has 8 heteroatoms. The van der Waals surface area contributed by atoms with E-state index in [0.717, 1.165) is 70.6 Å². The van der Waals surface area contributed by atoms with E-state index in [4.69, 9.17) is 14.2 Å². The molecule has 3 heterocycles. The minimum absolute atomic E-state index is 0.148. The number of aliphatic hydroxyl groups excluding tert-OH is 4. The number of rotatable bonds is 25. The fourth-order valence-electron chi connectivity index (χ4n) is 7.29. The third kappa shape index (κ3) is 14.7. The monoisotopic (exact) mass is 638 g/mol. The van der Waals surface area contributed by atoms with E-state index in [2.05, 4.69) is 6.92 Å². The summed E-state index contributed by atoms with van der Waals surface area (Å²) < 4.78 is 17.3. The van der Waals surface area contributed by atoms with Gasteiger partial charge >= 0.3 is 5.97 Å². The van der Waals surface area contributed by atoms with Crippen molar-refractivity contribution in [2.24, 2.45) is 0 Å². The van der Waals surface area contributed by atoms with E-state index in [0.29, 0.717) is 31.3 Å². The fourth-order valence-corrected chi connectivity index (χ4v) is 7.29. The Morgan fingerprint density at radius 2 is 1.18 bits per heavy atom. The van der Waals surface area contributed by atoms with Gasteiger partial charge in [0.2, 0.25) is 0 Å². The molecule has 3 rings (SSSR count). The van der Waals surface area contributed by atoms with Gasteiger partial charge in [-0.25, -0.2) is 4.79 Å². The summed E-state index contributed by atoms with van der Waals surface area (Å²) in [6, 6.07) is 0. The summed E-state index contributed by atoms with van der Waals surface area (Å²) in [4.78, 5) is 11.7. The minimum atomic E-state index is -0.638. The zero-order valence-corrected chi connectivity index (χ0v) is 28.5. The topological polar surface area (TPSA) is 126 Å². The molecule has 8 nitrogen and oxygen atoms in total. The van der Waals surface area contributed by atoms with Crippen LogP contribution in [0.25, 0.3) is 0 Å². The third-order valence-electron chi connectivity index (χ3n) is 10.1. The lowest BCUT2D eigenvalue weighted by Gasteiger charge is -2.24. The fraction of sp³-hybridized carbons (Fsp3) is 0.919. The van der Waals surface area contributed by atoms with Crippen molar-refractivity contribution >= 4 is 5.97 Å². The summed E-state index contributed by atoms with van der Waals surface area (Å²) in [5.41, 5.74) is 0.583. The SMILES string of the molecule is CCCCCCCCCCCC[C@@H](O)[C@H]1CC[C@@H]([C@@H](O)CC[C@H](O)[C@@H]2CC[C@@H](CCCCCC(O)CC3=CC(C)OC3=O)O2)O1. The predicted octanol–water partition coefficient (Wildman–Crippen LogP) is 6.83. The lowest BCUT2D eigenvalue weighted by atomic mass is 9.98. The normalized spacial score (nSPS) is 27.8. The van der Waals surface area contributed by atoms with Crippen molar-refractivity contribution in [1.29, 1.82) is 0 Å². The molecule has 262 valence electrons. The molecule has 0 radical (unpaired) electrons. The first-order valence-electron chi connectivity index (χ1n) is 18.7. The van der Waals surface area contributed by atoms with Gasteiger partial charge in [-0.15, -0.1) is 0 Å². The number of carbonyl (C=O) groups is 1. The van der Waals surface area contributed by atoms with Gasteiger partial charge in [0.05, 0.1) is 48.8 Å². The highest BCUT2D eigenvalue weighted by atomic mass is 16.5. The third-order valence-corrected chi connectivity index (χ3v) is 10.1. The Morgan fingerprint density at radius 1 is 0.667 bits per heavy atom. The van der Waals surface area contributed by atoms with E-state index in [9.17, 15) is 25.2 Å². The first kappa shape index (κ1) is 38.4. The van der Waals surface area contributed by atoms with Gasteiger partial charge in [-0.2, -0.15) is 0 Å². The molecule has 0 saturated carbocycles. The molecule has 0 amide bonds. The molecule has 9 atom stereocenters. The van der Waals surface area contributed by atoms with E-state index >= 15 is 0 Å². The number of ether oxygens (including phenoxy) is 3. The number of hydrogen-bond donors (Lipinski definition) is 4. The molecule has 0 aromatic rings. The Morgan fingerprint density at radius 3 is 1.78 bits per heavy atom. The number of unbranched alkanes of at least 4 members (excludes halogenated alkanes) is 11. The Balaban J connectivity index is 1.17. The zero-order chi connectivity index (χ0) is 32.4. The van der Waals surface area contributed by atoms with Crippen molar-refractivity contribution < 1.29 is 39.4 Å². The number of esters is 1. The molecule has 4 N–H and O–H groups in total. The number of hydrogen-bond acceptors (Lipinski definition) is 8. The molecule has 3 aliphatic heterocycles. The molecular formula is C37H66O8. The molecule has 0 aromatic heterocycles. The van der Waals surface area contributed by atoms with Crippen LogP contribution in [0.1, 0.15) is 162 Å². The van der Waals surface area contributed by atoms with Crippen LogP contribution in [0.2, 0.25) is 0 Å². The van der Waals surface area contributed by atoms with Crippen molar-refractivity contribution in [3.05, 3.63) is 11.6 Å². The molecule has 0 spiro atoms. The molecule has 0 aliphatic carbocycles. The Kier molecular flexibility index (Phi) is 18.6. The molecule has 0 bridgehead atoms.